The summed E-state index contributed by atoms with van der Waals surface area (Å²) in [6.45, 7) is 0.845. The number of carbonyl (C=O) groups is 1. The van der Waals surface area contributed by atoms with Gasteiger partial charge in [-0.1, -0.05) is 30.3 Å². The van der Waals surface area contributed by atoms with Crippen LogP contribution in [0.1, 0.15) is 5.56 Å². The quantitative estimate of drug-likeness (QED) is 0.799. The zero-order chi connectivity index (χ0) is 14.4. The van der Waals surface area contributed by atoms with Gasteiger partial charge in [-0.25, -0.2) is 9.36 Å². The van der Waals surface area contributed by atoms with Crippen molar-refractivity contribution in [3.8, 4) is 5.75 Å². The Morgan fingerprint density at radius 1 is 1.15 bits per heavy atom. The predicted molar refractivity (Wildman–Crippen MR) is 76.5 cm³/mol. The van der Waals surface area contributed by atoms with E-state index in [1.165, 1.54) is 10.5 Å². The number of pyridine rings is 1. The Hall–Kier alpha value is -2.36. The van der Waals surface area contributed by atoms with Crippen LogP contribution in [0.25, 0.3) is 0 Å². The van der Waals surface area contributed by atoms with Gasteiger partial charge in [0.2, 0.25) is 6.20 Å². The number of amides is 1. The Balaban J connectivity index is 1.97. The average Bonchev–Trinajstić information content (AvgIpc) is 2.46. The summed E-state index contributed by atoms with van der Waals surface area (Å²) >= 11 is 0. The van der Waals surface area contributed by atoms with Gasteiger partial charge in [-0.3, -0.25) is 0 Å². The van der Waals surface area contributed by atoms with E-state index in [0.29, 0.717) is 5.75 Å². The lowest BCUT2D eigenvalue weighted by Gasteiger charge is -2.09. The van der Waals surface area contributed by atoms with Gasteiger partial charge in [0.05, 0.1) is 0 Å². The number of nitrogens with zero attached hydrogens (tertiary/aromatic N) is 2. The molecule has 4 nitrogen and oxygen atoms in total. The molecule has 0 fully saturated rings. The van der Waals surface area contributed by atoms with Gasteiger partial charge in [0, 0.05) is 26.6 Å². The summed E-state index contributed by atoms with van der Waals surface area (Å²) in [6, 6.07) is 14.0. The van der Waals surface area contributed by atoms with E-state index in [-0.39, 0.29) is 6.09 Å². The maximum Gasteiger partial charge on any atom is 0.414 e. The van der Waals surface area contributed by atoms with Gasteiger partial charge < -0.3 is 9.64 Å². The molecule has 0 spiro atoms. The lowest BCUT2D eigenvalue weighted by atomic mass is 10.1. The van der Waals surface area contributed by atoms with Crippen molar-refractivity contribution in [3.63, 3.8) is 0 Å². The fourth-order valence-corrected chi connectivity index (χ4v) is 1.79. The van der Waals surface area contributed by atoms with Gasteiger partial charge in [0.1, 0.15) is 0 Å². The molecule has 0 radical (unpaired) electrons. The normalized spacial score (nSPS) is 10.1. The molecule has 0 bridgehead atoms. The molecule has 0 saturated heterocycles. The highest BCUT2D eigenvalue weighted by Crippen LogP contribution is 2.07. The van der Waals surface area contributed by atoms with E-state index in [1.807, 2.05) is 41.2 Å². The molecule has 0 atom stereocenters. The second kappa shape index (κ2) is 6.70. The lowest BCUT2D eigenvalue weighted by Crippen LogP contribution is -2.34. The molecule has 0 aliphatic rings. The molecule has 1 aromatic heterocycles. The highest BCUT2D eigenvalue weighted by molar-refractivity contribution is 5.69. The fraction of sp³-hybridized carbons (Fsp3) is 0.250. The van der Waals surface area contributed by atoms with Crippen molar-refractivity contribution < 1.29 is 14.1 Å². The molecule has 0 saturated carbocycles. The summed E-state index contributed by atoms with van der Waals surface area (Å²) in [5.41, 5.74) is 1.29. The lowest BCUT2D eigenvalue weighted by molar-refractivity contribution is -0.696. The zero-order valence-corrected chi connectivity index (χ0v) is 11.8. The Morgan fingerprint density at radius 3 is 2.60 bits per heavy atom. The molecule has 0 aliphatic heterocycles. The molecule has 0 aliphatic carbocycles. The van der Waals surface area contributed by atoms with Crippen molar-refractivity contribution in [1.29, 1.82) is 0 Å². The van der Waals surface area contributed by atoms with E-state index >= 15 is 0 Å². The first kappa shape index (κ1) is 14.1. The zero-order valence-electron chi connectivity index (χ0n) is 11.8. The van der Waals surface area contributed by atoms with Crippen molar-refractivity contribution in [3.05, 3.63) is 60.4 Å². The minimum atomic E-state index is -0.370. The Morgan fingerprint density at radius 2 is 1.90 bits per heavy atom. The summed E-state index contributed by atoms with van der Waals surface area (Å²) in [6.07, 6.45) is 4.38. The van der Waals surface area contributed by atoms with E-state index in [0.717, 1.165) is 13.0 Å². The van der Waals surface area contributed by atoms with Crippen LogP contribution in [0.15, 0.2) is 54.9 Å². The molecular weight excluding hydrogens is 252 g/mol. The molecule has 1 amide bonds. The van der Waals surface area contributed by atoms with Gasteiger partial charge in [-0.15, -0.1) is 0 Å². The molecule has 2 aromatic rings. The fourth-order valence-electron chi connectivity index (χ4n) is 1.79. The third-order valence-electron chi connectivity index (χ3n) is 2.90. The van der Waals surface area contributed by atoms with E-state index in [9.17, 15) is 4.79 Å². The first-order chi connectivity index (χ1) is 9.65. The molecule has 1 heterocycles. The number of rotatable bonds is 4. The largest absolute Gasteiger partial charge is 0.414 e. The maximum absolute atomic E-state index is 11.5. The van der Waals surface area contributed by atoms with Crippen LogP contribution < -0.4 is 9.30 Å². The minimum absolute atomic E-state index is 0.370. The Labute approximate surface area is 119 Å². The highest BCUT2D eigenvalue weighted by atomic mass is 16.6. The summed E-state index contributed by atoms with van der Waals surface area (Å²) < 4.78 is 7.25. The van der Waals surface area contributed by atoms with Crippen LogP contribution in [0.5, 0.6) is 5.75 Å². The molecular formula is C16H19N2O2+. The third-order valence-corrected chi connectivity index (χ3v) is 2.90. The number of carbonyl (C=O) groups excluding carboxylic acids is 1. The van der Waals surface area contributed by atoms with Crippen LogP contribution in [0.2, 0.25) is 0 Å². The van der Waals surface area contributed by atoms with E-state index < -0.39 is 0 Å². The molecule has 20 heavy (non-hydrogen) atoms. The average molecular weight is 271 g/mol. The van der Waals surface area contributed by atoms with Crippen molar-refractivity contribution in [1.82, 2.24) is 4.90 Å². The van der Waals surface area contributed by atoms with E-state index in [1.54, 1.807) is 20.2 Å². The molecule has 2 rings (SSSR count). The number of ether oxygens (including phenoxy) is 1. The van der Waals surface area contributed by atoms with Gasteiger partial charge in [-0.05, 0) is 11.6 Å². The summed E-state index contributed by atoms with van der Waals surface area (Å²) in [5, 5.41) is 0. The highest BCUT2D eigenvalue weighted by Gasteiger charge is 2.10. The second-order valence-electron chi connectivity index (χ2n) is 4.78. The topological polar surface area (TPSA) is 33.4 Å². The summed E-state index contributed by atoms with van der Waals surface area (Å²) in [7, 11) is 3.32. The van der Waals surface area contributed by atoms with Crippen LogP contribution in [0.3, 0.4) is 0 Å². The van der Waals surface area contributed by atoms with Crippen LogP contribution in [0.4, 0.5) is 4.79 Å². The molecule has 0 N–H and O–H groups in total. The molecule has 104 valence electrons. The van der Waals surface area contributed by atoms with Crippen LogP contribution in [-0.4, -0.2) is 25.1 Å². The summed E-state index contributed by atoms with van der Waals surface area (Å²) in [5.74, 6) is 0.555. The van der Waals surface area contributed by atoms with Gasteiger partial charge >= 0.3 is 6.09 Å². The first-order valence-corrected chi connectivity index (χ1v) is 6.57. The van der Waals surface area contributed by atoms with Gasteiger partial charge in [0.15, 0.2) is 18.5 Å². The van der Waals surface area contributed by atoms with E-state index in [2.05, 4.69) is 12.1 Å². The molecule has 0 unspecified atom stereocenters. The number of aromatic nitrogens is 1. The number of aryl methyl sites for hydroxylation is 2. The standard InChI is InChI=1S/C16H19N2O2/c1-17(2)16(19)20-15-9-6-11-18(13-15)12-10-14-7-4-3-5-8-14/h3-9,11,13H,10,12H2,1-2H3/q+1. The molecule has 4 heteroatoms. The Bertz CT molecular complexity index is 568. The van der Waals surface area contributed by atoms with Crippen LogP contribution in [0, 0.1) is 0 Å². The first-order valence-electron chi connectivity index (χ1n) is 6.57. The second-order valence-corrected chi connectivity index (χ2v) is 4.78. The van der Waals surface area contributed by atoms with E-state index in [4.69, 9.17) is 4.74 Å². The summed E-state index contributed by atoms with van der Waals surface area (Å²) in [4.78, 5) is 12.9. The van der Waals surface area contributed by atoms with Crippen molar-refractivity contribution in [2.75, 3.05) is 14.1 Å². The van der Waals surface area contributed by atoms with Crippen LogP contribution >= 0.6 is 0 Å². The maximum atomic E-state index is 11.5. The number of benzene rings is 1. The minimum Gasteiger partial charge on any atom is -0.404 e. The number of hydrogen-bond donors (Lipinski definition) is 0. The molecule has 1 aromatic carbocycles. The van der Waals surface area contributed by atoms with Crippen molar-refractivity contribution in [2.45, 2.75) is 13.0 Å². The smallest absolute Gasteiger partial charge is 0.404 e. The van der Waals surface area contributed by atoms with Gasteiger partial charge in [-0.2, -0.15) is 0 Å². The van der Waals surface area contributed by atoms with Crippen molar-refractivity contribution >= 4 is 6.09 Å². The van der Waals surface area contributed by atoms with Gasteiger partial charge in [0.25, 0.3) is 0 Å². The van der Waals surface area contributed by atoms with Crippen molar-refractivity contribution in [2.24, 2.45) is 0 Å². The monoisotopic (exact) mass is 271 g/mol. The van der Waals surface area contributed by atoms with Crippen LogP contribution in [-0.2, 0) is 13.0 Å². The number of hydrogen-bond acceptors (Lipinski definition) is 2. The SMILES string of the molecule is CN(C)C(=O)Oc1ccc[n+](CCc2ccccc2)c1. The third kappa shape index (κ3) is 4.09. The Kier molecular flexibility index (Phi) is 4.71. The predicted octanol–water partition coefficient (Wildman–Crippen LogP) is 2.28.